The second-order valence-corrected chi connectivity index (χ2v) is 16.5. The minimum Gasteiger partial charge on any atom is -0.495 e. The van der Waals surface area contributed by atoms with E-state index in [0.717, 1.165) is 33.9 Å². The van der Waals surface area contributed by atoms with Gasteiger partial charge in [-0.15, -0.1) is 0 Å². The maximum Gasteiger partial charge on any atom is 0.262 e. The molecule has 4 aliphatic carbocycles. The number of benzene rings is 3. The standard InChI is InChI=1S/C33H39N3O6S2/c1-22-4-13-31(42-2)30(14-22)35-44(40,41)29-11-7-27(8-12-29)34-32(37)21-36(43(3,38)39)28-9-5-26(6-10-28)33-18-23-15-24(19-33)17-25(16-23)20-33/h4-14,23-25,35H,15-21H2,1-3H3,(H,34,37). The van der Waals surface area contributed by atoms with Gasteiger partial charge in [-0.2, -0.15) is 0 Å². The van der Waals surface area contributed by atoms with Gasteiger partial charge in [-0.3, -0.25) is 13.8 Å². The summed E-state index contributed by atoms with van der Waals surface area (Å²) >= 11 is 0. The Hall–Kier alpha value is -3.57. The predicted octanol–water partition coefficient (Wildman–Crippen LogP) is 5.68. The Morgan fingerprint density at radius 1 is 0.886 bits per heavy atom. The van der Waals surface area contributed by atoms with Crippen molar-refractivity contribution in [2.75, 3.05) is 34.3 Å². The molecule has 4 aliphatic rings. The molecule has 0 heterocycles. The number of hydrogen-bond acceptors (Lipinski definition) is 6. The van der Waals surface area contributed by atoms with E-state index in [-0.39, 0.29) is 10.3 Å². The fraction of sp³-hybridized carbons (Fsp3) is 0.424. The minimum atomic E-state index is -3.93. The summed E-state index contributed by atoms with van der Waals surface area (Å²) in [6.45, 7) is 1.43. The van der Waals surface area contributed by atoms with Crippen LogP contribution in [-0.2, 0) is 30.3 Å². The second-order valence-electron chi connectivity index (χ2n) is 12.9. The number of rotatable bonds is 10. The molecule has 0 radical (unpaired) electrons. The molecule has 44 heavy (non-hydrogen) atoms. The molecule has 4 bridgehead atoms. The number of amides is 1. The van der Waals surface area contributed by atoms with Crippen molar-refractivity contribution in [3.05, 3.63) is 77.9 Å². The number of carbonyl (C=O) groups is 1. The first kappa shape index (κ1) is 30.5. The molecule has 2 N–H and O–H groups in total. The summed E-state index contributed by atoms with van der Waals surface area (Å²) in [6.07, 6.45) is 8.79. The number of hydrogen-bond donors (Lipinski definition) is 2. The van der Waals surface area contributed by atoms with Crippen molar-refractivity contribution in [1.82, 2.24) is 0 Å². The molecular weight excluding hydrogens is 599 g/mol. The third-order valence-electron chi connectivity index (χ3n) is 9.54. The maximum absolute atomic E-state index is 13.0. The first-order valence-corrected chi connectivity index (χ1v) is 18.3. The van der Waals surface area contributed by atoms with Crippen LogP contribution >= 0.6 is 0 Å². The van der Waals surface area contributed by atoms with Gasteiger partial charge >= 0.3 is 0 Å². The van der Waals surface area contributed by atoms with Crippen LogP contribution in [0.2, 0.25) is 0 Å². The van der Waals surface area contributed by atoms with Crippen LogP contribution in [0.15, 0.2) is 71.6 Å². The van der Waals surface area contributed by atoms with E-state index in [9.17, 15) is 21.6 Å². The lowest BCUT2D eigenvalue weighted by molar-refractivity contribution is -0.114. The van der Waals surface area contributed by atoms with Gasteiger partial charge in [0.05, 0.1) is 29.6 Å². The molecule has 3 aromatic carbocycles. The highest BCUT2D eigenvalue weighted by Gasteiger charge is 2.51. The summed E-state index contributed by atoms with van der Waals surface area (Å²) in [5.74, 6) is 2.26. The van der Waals surface area contributed by atoms with Crippen LogP contribution in [-0.4, -0.2) is 42.7 Å². The van der Waals surface area contributed by atoms with Gasteiger partial charge in [-0.1, -0.05) is 18.2 Å². The second kappa shape index (κ2) is 11.4. The van der Waals surface area contributed by atoms with E-state index in [1.807, 2.05) is 25.1 Å². The van der Waals surface area contributed by atoms with Gasteiger partial charge in [0.25, 0.3) is 10.0 Å². The van der Waals surface area contributed by atoms with Crippen molar-refractivity contribution in [2.24, 2.45) is 17.8 Å². The van der Waals surface area contributed by atoms with Crippen molar-refractivity contribution in [3.8, 4) is 5.75 Å². The molecule has 0 atom stereocenters. The number of nitrogens with one attached hydrogen (secondary N) is 2. The van der Waals surface area contributed by atoms with Gasteiger partial charge in [0.2, 0.25) is 15.9 Å². The Bertz CT molecular complexity index is 1740. The Balaban J connectivity index is 1.13. The monoisotopic (exact) mass is 637 g/mol. The van der Waals surface area contributed by atoms with Gasteiger partial charge in [0, 0.05) is 5.69 Å². The number of sulfonamides is 2. The minimum absolute atomic E-state index is 0.00377. The Labute approximate surface area is 260 Å². The van der Waals surface area contributed by atoms with Crippen LogP contribution in [0.5, 0.6) is 5.75 Å². The Kier molecular flexibility index (Phi) is 7.90. The number of aryl methyl sites for hydroxylation is 1. The third-order valence-corrected chi connectivity index (χ3v) is 12.1. The molecule has 234 valence electrons. The Morgan fingerprint density at radius 2 is 1.48 bits per heavy atom. The van der Waals surface area contributed by atoms with Crippen molar-refractivity contribution in [3.63, 3.8) is 0 Å². The number of methoxy groups -OCH3 is 1. The van der Waals surface area contributed by atoms with Crippen molar-refractivity contribution < 1.29 is 26.4 Å². The summed E-state index contributed by atoms with van der Waals surface area (Å²) in [5, 5.41) is 2.69. The lowest BCUT2D eigenvalue weighted by Crippen LogP contribution is -2.48. The normalized spacial score (nSPS) is 24.1. The van der Waals surface area contributed by atoms with E-state index in [2.05, 4.69) is 22.2 Å². The number of carbonyl (C=O) groups excluding carboxylic acids is 1. The fourth-order valence-corrected chi connectivity index (χ4v) is 9.92. The lowest BCUT2D eigenvalue weighted by Gasteiger charge is -2.57. The predicted molar refractivity (Wildman–Crippen MR) is 172 cm³/mol. The van der Waals surface area contributed by atoms with Gasteiger partial charge < -0.3 is 10.1 Å². The Morgan fingerprint density at radius 3 is 2.02 bits per heavy atom. The molecule has 9 nitrogen and oxygen atoms in total. The largest absolute Gasteiger partial charge is 0.495 e. The van der Waals surface area contributed by atoms with Gasteiger partial charge in [-0.25, -0.2) is 16.8 Å². The highest BCUT2D eigenvalue weighted by Crippen LogP contribution is 2.60. The maximum atomic E-state index is 13.0. The molecule has 3 aromatic rings. The molecule has 11 heteroatoms. The lowest BCUT2D eigenvalue weighted by atomic mass is 9.48. The van der Waals surface area contributed by atoms with Crippen molar-refractivity contribution >= 4 is 43.0 Å². The fourth-order valence-electron chi connectivity index (χ4n) is 8.00. The van der Waals surface area contributed by atoms with E-state index in [0.29, 0.717) is 22.8 Å². The molecule has 0 aromatic heterocycles. The highest BCUT2D eigenvalue weighted by atomic mass is 32.2. The first-order chi connectivity index (χ1) is 20.8. The van der Waals surface area contributed by atoms with Crippen LogP contribution in [0.4, 0.5) is 17.1 Å². The molecule has 0 unspecified atom stereocenters. The van der Waals surface area contributed by atoms with Crippen LogP contribution in [0.25, 0.3) is 0 Å². The average molecular weight is 638 g/mol. The first-order valence-electron chi connectivity index (χ1n) is 15.0. The van der Waals surface area contributed by atoms with Crippen LogP contribution in [0.3, 0.4) is 0 Å². The van der Waals surface area contributed by atoms with E-state index < -0.39 is 32.5 Å². The molecule has 0 saturated heterocycles. The number of ether oxygens (including phenoxy) is 1. The van der Waals surface area contributed by atoms with Crippen LogP contribution < -0.4 is 19.1 Å². The average Bonchev–Trinajstić information content (AvgIpc) is 2.95. The molecule has 0 aliphatic heterocycles. The van der Waals surface area contributed by atoms with Crippen molar-refractivity contribution in [1.29, 1.82) is 0 Å². The molecule has 4 saturated carbocycles. The summed E-state index contributed by atoms with van der Waals surface area (Å²) in [6, 6.07) is 18.6. The zero-order valence-electron chi connectivity index (χ0n) is 25.2. The van der Waals surface area contributed by atoms with Gasteiger partial charge in [-0.05, 0) is 128 Å². The van der Waals surface area contributed by atoms with Crippen molar-refractivity contribution in [2.45, 2.75) is 55.8 Å². The molecule has 1 amide bonds. The molecular formula is C33H39N3O6S2. The molecule has 4 fully saturated rings. The summed E-state index contributed by atoms with van der Waals surface area (Å²) in [5.41, 5.74) is 3.44. The van der Waals surface area contributed by atoms with E-state index in [1.165, 1.54) is 75.5 Å². The smallest absolute Gasteiger partial charge is 0.262 e. The summed E-state index contributed by atoms with van der Waals surface area (Å²) < 4.78 is 60.4. The van der Waals surface area contributed by atoms with Gasteiger partial charge in [0.15, 0.2) is 0 Å². The van der Waals surface area contributed by atoms with E-state index >= 15 is 0 Å². The zero-order valence-corrected chi connectivity index (χ0v) is 26.9. The molecule has 0 spiro atoms. The van der Waals surface area contributed by atoms with Crippen LogP contribution in [0.1, 0.15) is 49.7 Å². The number of anilines is 3. The SMILES string of the molecule is COc1ccc(C)cc1NS(=O)(=O)c1ccc(NC(=O)CN(c2ccc(C34CC5CC(CC(C5)C3)C4)cc2)S(C)(=O)=O)cc1. The summed E-state index contributed by atoms with van der Waals surface area (Å²) in [4.78, 5) is 13.0. The highest BCUT2D eigenvalue weighted by molar-refractivity contribution is 7.92. The van der Waals surface area contributed by atoms with E-state index in [1.54, 1.807) is 12.1 Å². The van der Waals surface area contributed by atoms with Crippen LogP contribution in [0, 0.1) is 24.7 Å². The quantitative estimate of drug-likeness (QED) is 0.295. The summed E-state index contributed by atoms with van der Waals surface area (Å²) in [7, 11) is -6.22. The zero-order chi connectivity index (χ0) is 31.3. The number of nitrogens with zero attached hydrogens (tertiary/aromatic N) is 1. The third kappa shape index (κ3) is 6.17. The topological polar surface area (TPSA) is 122 Å². The molecule has 7 rings (SSSR count). The van der Waals surface area contributed by atoms with Gasteiger partial charge in [0.1, 0.15) is 12.3 Å². The van der Waals surface area contributed by atoms with E-state index in [4.69, 9.17) is 4.74 Å².